The predicted octanol–water partition coefficient (Wildman–Crippen LogP) is 0.431. The molecule has 0 aliphatic carbocycles. The highest BCUT2D eigenvalue weighted by atomic mass is 19.1. The Hall–Kier alpha value is -2.18. The fraction of sp³-hybridized carbons (Fsp3) is 0.111. The molecular formula is C9H8F2N4O. The lowest BCUT2D eigenvalue weighted by molar-refractivity contribution is 0.576. The molecule has 0 bridgehead atoms. The molecule has 0 atom stereocenters. The number of nitrogens with zero attached hydrogens (tertiary/aromatic N) is 3. The van der Waals surface area contributed by atoms with E-state index in [2.05, 4.69) is 5.10 Å². The van der Waals surface area contributed by atoms with Gasteiger partial charge in [-0.1, -0.05) is 0 Å². The van der Waals surface area contributed by atoms with E-state index in [1.807, 2.05) is 0 Å². The van der Waals surface area contributed by atoms with Gasteiger partial charge in [0.25, 0.3) is 0 Å². The molecule has 2 N–H and O–H groups in total. The van der Waals surface area contributed by atoms with Crippen LogP contribution in [0, 0.1) is 11.6 Å². The molecule has 0 spiro atoms. The molecule has 0 saturated carbocycles. The van der Waals surface area contributed by atoms with Crippen molar-refractivity contribution in [1.82, 2.24) is 14.3 Å². The van der Waals surface area contributed by atoms with E-state index >= 15 is 0 Å². The van der Waals surface area contributed by atoms with Gasteiger partial charge in [-0.2, -0.15) is 0 Å². The molecule has 16 heavy (non-hydrogen) atoms. The molecular weight excluding hydrogens is 218 g/mol. The SMILES string of the molecule is Cn1nc(N)n(-c2ccc(F)cc2F)c1=O. The zero-order chi connectivity index (χ0) is 11.9. The molecule has 0 aliphatic heterocycles. The number of halogens is 2. The fourth-order valence-corrected chi connectivity index (χ4v) is 1.37. The van der Waals surface area contributed by atoms with Gasteiger partial charge >= 0.3 is 5.69 Å². The second-order valence-electron chi connectivity index (χ2n) is 3.20. The van der Waals surface area contributed by atoms with E-state index in [0.29, 0.717) is 6.07 Å². The number of anilines is 1. The summed E-state index contributed by atoms with van der Waals surface area (Å²) in [5.74, 6) is -1.75. The number of hydrogen-bond acceptors (Lipinski definition) is 3. The molecule has 1 aromatic carbocycles. The standard InChI is InChI=1S/C9H8F2N4O/c1-14-9(16)15(8(12)13-14)7-3-2-5(10)4-6(7)11/h2-4H,1H3,(H2,12,13). The maximum atomic E-state index is 13.4. The summed E-state index contributed by atoms with van der Waals surface area (Å²) in [5.41, 5.74) is 4.73. The Bertz CT molecular complexity index is 602. The van der Waals surface area contributed by atoms with Gasteiger partial charge in [-0.15, -0.1) is 5.10 Å². The normalized spacial score (nSPS) is 10.7. The molecule has 7 heteroatoms. The van der Waals surface area contributed by atoms with Crippen LogP contribution >= 0.6 is 0 Å². The molecule has 0 amide bonds. The average molecular weight is 226 g/mol. The summed E-state index contributed by atoms with van der Waals surface area (Å²) in [6.45, 7) is 0. The summed E-state index contributed by atoms with van der Waals surface area (Å²) in [5, 5.41) is 3.64. The van der Waals surface area contributed by atoms with Crippen LogP contribution in [0.4, 0.5) is 14.7 Å². The van der Waals surface area contributed by atoms with E-state index in [0.717, 1.165) is 21.4 Å². The molecule has 0 saturated heterocycles. The predicted molar refractivity (Wildman–Crippen MR) is 53.1 cm³/mol. The van der Waals surface area contributed by atoms with Crippen LogP contribution in [0.15, 0.2) is 23.0 Å². The van der Waals surface area contributed by atoms with Gasteiger partial charge in [0.15, 0.2) is 0 Å². The van der Waals surface area contributed by atoms with Gasteiger partial charge in [0, 0.05) is 13.1 Å². The molecule has 2 rings (SSSR count). The van der Waals surface area contributed by atoms with E-state index in [1.54, 1.807) is 0 Å². The van der Waals surface area contributed by atoms with Gasteiger partial charge in [0.05, 0.1) is 5.69 Å². The van der Waals surface area contributed by atoms with Crippen molar-refractivity contribution < 1.29 is 8.78 Å². The van der Waals surface area contributed by atoms with Crippen molar-refractivity contribution in [1.29, 1.82) is 0 Å². The largest absolute Gasteiger partial charge is 0.368 e. The molecule has 0 fully saturated rings. The maximum Gasteiger partial charge on any atom is 0.351 e. The number of benzene rings is 1. The topological polar surface area (TPSA) is 65.8 Å². The molecule has 0 unspecified atom stereocenters. The molecule has 1 heterocycles. The molecule has 84 valence electrons. The Morgan fingerprint density at radius 3 is 2.56 bits per heavy atom. The number of aryl methyl sites for hydroxylation is 1. The first-order valence-corrected chi connectivity index (χ1v) is 4.37. The Morgan fingerprint density at radius 1 is 1.38 bits per heavy atom. The third kappa shape index (κ3) is 1.46. The zero-order valence-corrected chi connectivity index (χ0v) is 8.32. The molecule has 0 radical (unpaired) electrons. The van der Waals surface area contributed by atoms with E-state index in [-0.39, 0.29) is 11.6 Å². The van der Waals surface area contributed by atoms with E-state index in [9.17, 15) is 13.6 Å². The number of nitrogen functional groups attached to an aromatic ring is 1. The van der Waals surface area contributed by atoms with E-state index in [1.165, 1.54) is 7.05 Å². The van der Waals surface area contributed by atoms with Crippen LogP contribution in [-0.2, 0) is 7.05 Å². The van der Waals surface area contributed by atoms with Gasteiger partial charge in [0.2, 0.25) is 5.95 Å². The van der Waals surface area contributed by atoms with E-state index < -0.39 is 17.3 Å². The summed E-state index contributed by atoms with van der Waals surface area (Å²) >= 11 is 0. The van der Waals surface area contributed by atoms with Crippen molar-refractivity contribution in [2.45, 2.75) is 0 Å². The van der Waals surface area contributed by atoms with Crippen molar-refractivity contribution in [3.63, 3.8) is 0 Å². The van der Waals surface area contributed by atoms with E-state index in [4.69, 9.17) is 5.73 Å². The quantitative estimate of drug-likeness (QED) is 0.766. The van der Waals surface area contributed by atoms with Crippen molar-refractivity contribution >= 4 is 5.95 Å². The first-order valence-electron chi connectivity index (χ1n) is 4.37. The lowest BCUT2D eigenvalue weighted by Crippen LogP contribution is -2.22. The second-order valence-corrected chi connectivity index (χ2v) is 3.20. The second kappa shape index (κ2) is 3.44. The lowest BCUT2D eigenvalue weighted by atomic mass is 10.3. The highest BCUT2D eigenvalue weighted by molar-refractivity contribution is 5.39. The number of aromatic nitrogens is 3. The van der Waals surface area contributed by atoms with Crippen LogP contribution in [0.3, 0.4) is 0 Å². The first-order chi connectivity index (χ1) is 7.50. The fourth-order valence-electron chi connectivity index (χ4n) is 1.37. The van der Waals surface area contributed by atoms with Crippen LogP contribution in [-0.4, -0.2) is 14.3 Å². The van der Waals surface area contributed by atoms with Gasteiger partial charge in [0.1, 0.15) is 11.6 Å². The van der Waals surface area contributed by atoms with Crippen molar-refractivity contribution in [2.75, 3.05) is 5.73 Å². The Labute approximate surface area is 88.7 Å². The molecule has 1 aromatic heterocycles. The zero-order valence-electron chi connectivity index (χ0n) is 8.32. The highest BCUT2D eigenvalue weighted by Gasteiger charge is 2.14. The minimum Gasteiger partial charge on any atom is -0.368 e. The van der Waals surface area contributed by atoms with Gasteiger partial charge in [-0.05, 0) is 12.1 Å². The highest BCUT2D eigenvalue weighted by Crippen LogP contribution is 2.14. The third-order valence-electron chi connectivity index (χ3n) is 2.10. The maximum absolute atomic E-state index is 13.4. The minimum atomic E-state index is -0.873. The van der Waals surface area contributed by atoms with Gasteiger partial charge in [-0.3, -0.25) is 0 Å². The molecule has 2 aromatic rings. The smallest absolute Gasteiger partial charge is 0.351 e. The summed E-state index contributed by atoms with van der Waals surface area (Å²) in [6, 6.07) is 2.84. The monoisotopic (exact) mass is 226 g/mol. The first kappa shape index (κ1) is 10.3. The molecule has 5 nitrogen and oxygen atoms in total. The van der Waals surface area contributed by atoms with Gasteiger partial charge in [-0.25, -0.2) is 22.8 Å². The van der Waals surface area contributed by atoms with Crippen LogP contribution in [0.1, 0.15) is 0 Å². The Kier molecular flexibility index (Phi) is 2.22. The number of hydrogen-bond donors (Lipinski definition) is 1. The van der Waals surface area contributed by atoms with Crippen molar-refractivity contribution in [3.05, 3.63) is 40.3 Å². The number of rotatable bonds is 1. The third-order valence-corrected chi connectivity index (χ3v) is 2.10. The molecule has 0 aliphatic rings. The van der Waals surface area contributed by atoms with Crippen LogP contribution in [0.2, 0.25) is 0 Å². The number of nitrogens with two attached hydrogens (primary N) is 1. The summed E-state index contributed by atoms with van der Waals surface area (Å²) in [6.07, 6.45) is 0. The van der Waals surface area contributed by atoms with Crippen molar-refractivity contribution in [2.24, 2.45) is 7.05 Å². The van der Waals surface area contributed by atoms with Crippen molar-refractivity contribution in [3.8, 4) is 5.69 Å². The van der Waals surface area contributed by atoms with Gasteiger partial charge < -0.3 is 5.73 Å². The minimum absolute atomic E-state index is 0.128. The summed E-state index contributed by atoms with van der Waals surface area (Å²) in [4.78, 5) is 11.6. The van der Waals surface area contributed by atoms with Crippen LogP contribution < -0.4 is 11.4 Å². The average Bonchev–Trinajstić information content (AvgIpc) is 2.43. The Morgan fingerprint density at radius 2 is 2.06 bits per heavy atom. The lowest BCUT2D eigenvalue weighted by Gasteiger charge is -2.03. The van der Waals surface area contributed by atoms with Crippen LogP contribution in [0.5, 0.6) is 0 Å². The Balaban J connectivity index is 2.72. The summed E-state index contributed by atoms with van der Waals surface area (Å²) < 4.78 is 27.9. The van der Waals surface area contributed by atoms with Crippen LogP contribution in [0.25, 0.3) is 5.69 Å². The summed E-state index contributed by atoms with van der Waals surface area (Å²) in [7, 11) is 1.39.